The highest BCUT2D eigenvalue weighted by Gasteiger charge is 2.27. The zero-order chi connectivity index (χ0) is 17.8. The number of para-hydroxylation sites is 1. The predicted octanol–water partition coefficient (Wildman–Crippen LogP) is 3.07. The fourth-order valence-corrected chi connectivity index (χ4v) is 2.31. The van der Waals surface area contributed by atoms with Gasteiger partial charge in [0.05, 0.1) is 6.04 Å². The molecule has 2 aromatic carbocycles. The number of rotatable bonds is 5. The Labute approximate surface area is 145 Å². The number of amides is 2. The normalized spacial score (nSPS) is 14.5. The molecule has 0 unspecified atom stereocenters. The second-order valence-electron chi connectivity index (χ2n) is 6.05. The van der Waals surface area contributed by atoms with E-state index in [1.165, 1.54) is 12.1 Å². The molecule has 2 amide bonds. The van der Waals surface area contributed by atoms with Crippen LogP contribution in [0.5, 0.6) is 11.5 Å². The summed E-state index contributed by atoms with van der Waals surface area (Å²) >= 11 is 0. The molecule has 1 aliphatic rings. The molecule has 0 aromatic heterocycles. The fourth-order valence-electron chi connectivity index (χ4n) is 2.31. The van der Waals surface area contributed by atoms with Crippen molar-refractivity contribution in [1.82, 2.24) is 10.6 Å². The van der Waals surface area contributed by atoms with Crippen LogP contribution in [0.25, 0.3) is 0 Å². The van der Waals surface area contributed by atoms with Crippen LogP contribution >= 0.6 is 0 Å². The Morgan fingerprint density at radius 2 is 1.84 bits per heavy atom. The maximum absolute atomic E-state index is 14.3. The van der Waals surface area contributed by atoms with E-state index in [1.807, 2.05) is 6.07 Å². The first-order valence-corrected chi connectivity index (χ1v) is 8.16. The van der Waals surface area contributed by atoms with Gasteiger partial charge < -0.3 is 15.4 Å². The summed E-state index contributed by atoms with van der Waals surface area (Å²) in [5, 5.41) is 5.18. The quantitative estimate of drug-likeness (QED) is 0.821. The molecule has 0 saturated heterocycles. The molecular weight excluding hydrogens is 323 g/mol. The maximum Gasteiger partial charge on any atom is 0.309 e. The molecule has 2 aromatic rings. The lowest BCUT2D eigenvalue weighted by Gasteiger charge is -2.15. The van der Waals surface area contributed by atoms with Gasteiger partial charge in [-0.15, -0.1) is 0 Å². The lowest BCUT2D eigenvalue weighted by molar-refractivity contribution is -0.139. The molecule has 6 heteroatoms. The Morgan fingerprint density at radius 1 is 1.12 bits per heavy atom. The molecule has 1 fully saturated rings. The van der Waals surface area contributed by atoms with Crippen molar-refractivity contribution in [3.05, 3.63) is 59.9 Å². The predicted molar refractivity (Wildman–Crippen MR) is 90.6 cm³/mol. The van der Waals surface area contributed by atoms with Crippen molar-refractivity contribution in [2.45, 2.75) is 31.8 Å². The number of hydrogen-bond donors (Lipinski definition) is 2. The first-order valence-electron chi connectivity index (χ1n) is 8.16. The van der Waals surface area contributed by atoms with Gasteiger partial charge in [0.2, 0.25) is 0 Å². The molecule has 3 rings (SSSR count). The van der Waals surface area contributed by atoms with Crippen LogP contribution in [0, 0.1) is 5.82 Å². The van der Waals surface area contributed by atoms with Crippen LogP contribution in [0.3, 0.4) is 0 Å². The van der Waals surface area contributed by atoms with E-state index in [4.69, 9.17) is 4.74 Å². The molecule has 130 valence electrons. The van der Waals surface area contributed by atoms with Gasteiger partial charge in [-0.05, 0) is 49.6 Å². The summed E-state index contributed by atoms with van der Waals surface area (Å²) in [5.74, 6) is -1.28. The molecule has 5 nitrogen and oxygen atoms in total. The highest BCUT2D eigenvalue weighted by molar-refractivity contribution is 6.35. The van der Waals surface area contributed by atoms with E-state index >= 15 is 0 Å². The maximum atomic E-state index is 14.3. The largest absolute Gasteiger partial charge is 0.454 e. The van der Waals surface area contributed by atoms with Crippen molar-refractivity contribution in [2.24, 2.45) is 0 Å². The summed E-state index contributed by atoms with van der Waals surface area (Å²) in [6, 6.07) is 13.0. The van der Waals surface area contributed by atoms with E-state index in [-0.39, 0.29) is 11.8 Å². The van der Waals surface area contributed by atoms with E-state index in [1.54, 1.807) is 37.3 Å². The Morgan fingerprint density at radius 3 is 2.48 bits per heavy atom. The smallest absolute Gasteiger partial charge is 0.309 e. The molecule has 0 bridgehead atoms. The Kier molecular flexibility index (Phi) is 4.97. The monoisotopic (exact) mass is 342 g/mol. The third-order valence-electron chi connectivity index (χ3n) is 3.89. The van der Waals surface area contributed by atoms with Crippen molar-refractivity contribution in [3.8, 4) is 11.5 Å². The van der Waals surface area contributed by atoms with Gasteiger partial charge in [-0.3, -0.25) is 9.59 Å². The van der Waals surface area contributed by atoms with Crippen LogP contribution in [-0.2, 0) is 9.59 Å². The van der Waals surface area contributed by atoms with Gasteiger partial charge in [-0.1, -0.05) is 24.3 Å². The minimum Gasteiger partial charge on any atom is -0.454 e. The summed E-state index contributed by atoms with van der Waals surface area (Å²) in [4.78, 5) is 23.5. The fraction of sp³-hybridized carbons (Fsp3) is 0.263. The minimum atomic E-state index is -0.718. The first-order chi connectivity index (χ1) is 12.0. The lowest BCUT2D eigenvalue weighted by atomic mass is 10.1. The number of halogens is 1. The van der Waals surface area contributed by atoms with Gasteiger partial charge in [-0.25, -0.2) is 4.39 Å². The molecule has 1 saturated carbocycles. The number of ether oxygens (including phenoxy) is 1. The van der Waals surface area contributed by atoms with Gasteiger partial charge in [0.15, 0.2) is 11.6 Å². The van der Waals surface area contributed by atoms with Crippen molar-refractivity contribution in [3.63, 3.8) is 0 Å². The van der Waals surface area contributed by atoms with Crippen molar-refractivity contribution in [1.29, 1.82) is 0 Å². The first kappa shape index (κ1) is 17.0. The van der Waals surface area contributed by atoms with Gasteiger partial charge >= 0.3 is 11.8 Å². The van der Waals surface area contributed by atoms with Crippen LogP contribution in [0.2, 0.25) is 0 Å². The van der Waals surface area contributed by atoms with E-state index in [0.717, 1.165) is 12.8 Å². The molecule has 0 radical (unpaired) electrons. The SMILES string of the molecule is C[C@@H](NC(=O)C(=O)NC1CC1)c1ccc(Oc2ccccc2)c(F)c1. The zero-order valence-electron chi connectivity index (χ0n) is 13.8. The van der Waals surface area contributed by atoms with Crippen molar-refractivity contribution >= 4 is 11.8 Å². The molecular formula is C19H19FN2O3. The van der Waals surface area contributed by atoms with Crippen molar-refractivity contribution < 1.29 is 18.7 Å². The summed E-state index contributed by atoms with van der Waals surface area (Å²) in [7, 11) is 0. The average molecular weight is 342 g/mol. The number of hydrogen-bond acceptors (Lipinski definition) is 3. The molecule has 2 N–H and O–H groups in total. The Balaban J connectivity index is 1.62. The number of carbonyl (C=O) groups excluding carboxylic acids is 2. The van der Waals surface area contributed by atoms with Crippen LogP contribution < -0.4 is 15.4 Å². The third kappa shape index (κ3) is 4.56. The van der Waals surface area contributed by atoms with Crippen LogP contribution in [0.15, 0.2) is 48.5 Å². The van der Waals surface area contributed by atoms with Crippen LogP contribution in [0.1, 0.15) is 31.4 Å². The van der Waals surface area contributed by atoms with Gasteiger partial charge in [0, 0.05) is 6.04 Å². The van der Waals surface area contributed by atoms with E-state index in [2.05, 4.69) is 10.6 Å². The van der Waals surface area contributed by atoms with E-state index < -0.39 is 23.7 Å². The number of benzene rings is 2. The van der Waals surface area contributed by atoms with Crippen LogP contribution in [0.4, 0.5) is 4.39 Å². The Hall–Kier alpha value is -2.89. The lowest BCUT2D eigenvalue weighted by Crippen LogP contribution is -2.41. The highest BCUT2D eigenvalue weighted by atomic mass is 19.1. The minimum absolute atomic E-state index is 0.0972. The molecule has 0 heterocycles. The second-order valence-corrected chi connectivity index (χ2v) is 6.05. The number of nitrogens with one attached hydrogen (secondary N) is 2. The van der Waals surface area contributed by atoms with Gasteiger partial charge in [-0.2, -0.15) is 0 Å². The summed E-state index contributed by atoms with van der Waals surface area (Å²) in [6.07, 6.45) is 1.81. The van der Waals surface area contributed by atoms with E-state index in [0.29, 0.717) is 11.3 Å². The topological polar surface area (TPSA) is 67.4 Å². The zero-order valence-corrected chi connectivity index (χ0v) is 13.8. The molecule has 25 heavy (non-hydrogen) atoms. The second kappa shape index (κ2) is 7.34. The highest BCUT2D eigenvalue weighted by Crippen LogP contribution is 2.26. The van der Waals surface area contributed by atoms with Crippen LogP contribution in [-0.4, -0.2) is 17.9 Å². The number of carbonyl (C=O) groups is 2. The molecule has 1 aliphatic carbocycles. The summed E-state index contributed by atoms with van der Waals surface area (Å²) in [6.45, 7) is 1.69. The standard InChI is InChI=1S/C19H19FN2O3/c1-12(21-18(23)19(24)22-14-8-9-14)13-7-10-17(16(20)11-13)25-15-5-3-2-4-6-15/h2-7,10-12,14H,8-9H2,1H3,(H,21,23)(H,22,24)/t12-/m1/s1. The van der Waals surface area contributed by atoms with E-state index in [9.17, 15) is 14.0 Å². The Bertz CT molecular complexity index is 775. The summed E-state index contributed by atoms with van der Waals surface area (Å²) < 4.78 is 19.7. The molecule has 1 atom stereocenters. The van der Waals surface area contributed by atoms with Crippen molar-refractivity contribution in [2.75, 3.05) is 0 Å². The summed E-state index contributed by atoms with van der Waals surface area (Å²) in [5.41, 5.74) is 0.547. The molecule has 0 aliphatic heterocycles. The average Bonchev–Trinajstić information content (AvgIpc) is 3.41. The third-order valence-corrected chi connectivity index (χ3v) is 3.89. The van der Waals surface area contributed by atoms with Gasteiger partial charge in [0.1, 0.15) is 5.75 Å². The van der Waals surface area contributed by atoms with Gasteiger partial charge in [0.25, 0.3) is 0 Å². The molecule has 0 spiro atoms.